The highest BCUT2D eigenvalue weighted by atomic mass is 32.2. The first-order chi connectivity index (χ1) is 13.8. The van der Waals surface area contributed by atoms with Crippen LogP contribution in [-0.2, 0) is 14.8 Å². The highest BCUT2D eigenvalue weighted by Crippen LogP contribution is 2.34. The predicted molar refractivity (Wildman–Crippen MR) is 111 cm³/mol. The quantitative estimate of drug-likeness (QED) is 0.747. The molecule has 0 fully saturated rings. The van der Waals surface area contributed by atoms with Crippen molar-refractivity contribution in [3.8, 4) is 11.5 Å². The Bertz CT molecular complexity index is 971. The largest absolute Gasteiger partial charge is 0.486 e. The number of rotatable bonds is 7. The number of sulfonamides is 1. The zero-order valence-corrected chi connectivity index (χ0v) is 17.7. The first-order valence-electron chi connectivity index (χ1n) is 9.53. The van der Waals surface area contributed by atoms with Gasteiger partial charge in [-0.15, -0.1) is 0 Å². The Labute approximate surface area is 171 Å². The number of benzene rings is 2. The van der Waals surface area contributed by atoms with Gasteiger partial charge in [-0.05, 0) is 37.1 Å². The van der Waals surface area contributed by atoms with E-state index in [1.54, 1.807) is 18.2 Å². The van der Waals surface area contributed by atoms with Crippen LogP contribution in [-0.4, -0.2) is 40.6 Å². The molecule has 156 valence electrons. The Kier molecular flexibility index (Phi) is 6.32. The van der Waals surface area contributed by atoms with Crippen molar-refractivity contribution in [2.24, 2.45) is 5.92 Å². The highest BCUT2D eigenvalue weighted by molar-refractivity contribution is 7.92. The maximum absolute atomic E-state index is 13.4. The number of nitrogens with zero attached hydrogens (tertiary/aromatic N) is 1. The van der Waals surface area contributed by atoms with E-state index in [0.29, 0.717) is 36.9 Å². The zero-order valence-electron chi connectivity index (χ0n) is 16.8. The third-order valence-electron chi connectivity index (χ3n) is 4.42. The smallest absolute Gasteiger partial charge is 0.264 e. The summed E-state index contributed by atoms with van der Waals surface area (Å²) < 4.78 is 39.0. The van der Waals surface area contributed by atoms with Crippen molar-refractivity contribution in [1.82, 2.24) is 5.32 Å². The Hall–Kier alpha value is -2.74. The number of anilines is 1. The molecule has 1 N–H and O–H groups in total. The van der Waals surface area contributed by atoms with E-state index in [0.717, 1.165) is 9.87 Å². The molecule has 29 heavy (non-hydrogen) atoms. The van der Waals surface area contributed by atoms with Crippen LogP contribution in [0.4, 0.5) is 5.69 Å². The molecule has 0 saturated heterocycles. The average Bonchev–Trinajstić information content (AvgIpc) is 2.70. The number of hydrogen-bond acceptors (Lipinski definition) is 5. The van der Waals surface area contributed by atoms with Crippen LogP contribution in [0.15, 0.2) is 47.4 Å². The summed E-state index contributed by atoms with van der Waals surface area (Å²) in [5.74, 6) is 0.791. The normalized spacial score (nSPS) is 13.2. The van der Waals surface area contributed by atoms with Gasteiger partial charge >= 0.3 is 0 Å². The van der Waals surface area contributed by atoms with Crippen molar-refractivity contribution >= 4 is 21.6 Å². The molecule has 3 rings (SSSR count). The zero-order chi connectivity index (χ0) is 21.0. The van der Waals surface area contributed by atoms with Crippen LogP contribution in [0.5, 0.6) is 11.5 Å². The second-order valence-corrected chi connectivity index (χ2v) is 9.21. The van der Waals surface area contributed by atoms with Crippen molar-refractivity contribution in [2.75, 3.05) is 30.6 Å². The van der Waals surface area contributed by atoms with Gasteiger partial charge in [-0.2, -0.15) is 0 Å². The maximum atomic E-state index is 13.4. The summed E-state index contributed by atoms with van der Waals surface area (Å²) in [5, 5.41) is 2.78. The van der Waals surface area contributed by atoms with Crippen molar-refractivity contribution in [3.05, 3.63) is 48.0 Å². The highest BCUT2D eigenvalue weighted by Gasteiger charge is 2.29. The Morgan fingerprint density at radius 1 is 1.07 bits per heavy atom. The second kappa shape index (κ2) is 8.73. The van der Waals surface area contributed by atoms with Crippen molar-refractivity contribution in [3.63, 3.8) is 0 Å². The number of aryl methyl sites for hydroxylation is 1. The number of carbonyl (C=O) groups is 1. The summed E-state index contributed by atoms with van der Waals surface area (Å²) >= 11 is 0. The minimum atomic E-state index is -4.00. The first kappa shape index (κ1) is 21.0. The fourth-order valence-electron chi connectivity index (χ4n) is 2.84. The lowest BCUT2D eigenvalue weighted by Gasteiger charge is -2.25. The fourth-order valence-corrected chi connectivity index (χ4v) is 4.28. The van der Waals surface area contributed by atoms with Crippen molar-refractivity contribution in [2.45, 2.75) is 25.7 Å². The lowest BCUT2D eigenvalue weighted by molar-refractivity contribution is -0.119. The molecule has 1 aliphatic rings. The number of carbonyl (C=O) groups excluding carboxylic acids is 1. The Morgan fingerprint density at radius 2 is 1.72 bits per heavy atom. The third-order valence-corrected chi connectivity index (χ3v) is 6.19. The van der Waals surface area contributed by atoms with E-state index in [-0.39, 0.29) is 23.3 Å². The minimum absolute atomic E-state index is 0.0407. The summed E-state index contributed by atoms with van der Waals surface area (Å²) in [5.41, 5.74) is 1.42. The maximum Gasteiger partial charge on any atom is 0.264 e. The lowest BCUT2D eigenvalue weighted by Crippen LogP contribution is -2.41. The van der Waals surface area contributed by atoms with Crippen LogP contribution >= 0.6 is 0 Å². The number of amides is 1. The van der Waals surface area contributed by atoms with Crippen molar-refractivity contribution < 1.29 is 22.7 Å². The van der Waals surface area contributed by atoms with Gasteiger partial charge in [0.25, 0.3) is 10.0 Å². The first-order valence-corrected chi connectivity index (χ1v) is 11.0. The Balaban J connectivity index is 1.95. The molecule has 2 aromatic carbocycles. The van der Waals surface area contributed by atoms with Gasteiger partial charge in [-0.25, -0.2) is 8.42 Å². The van der Waals surface area contributed by atoms with Gasteiger partial charge in [-0.1, -0.05) is 31.5 Å². The lowest BCUT2D eigenvalue weighted by atomic mass is 10.2. The predicted octanol–water partition coefficient (Wildman–Crippen LogP) is 2.73. The number of hydrogen-bond donors (Lipinski definition) is 1. The van der Waals surface area contributed by atoms with Gasteiger partial charge < -0.3 is 14.8 Å². The molecule has 0 spiro atoms. The molecule has 0 bridgehead atoms. The molecule has 1 heterocycles. The van der Waals surface area contributed by atoms with Gasteiger partial charge in [0.15, 0.2) is 11.5 Å². The molecule has 8 heteroatoms. The van der Waals surface area contributed by atoms with Gasteiger partial charge in [-0.3, -0.25) is 9.10 Å². The molecule has 1 aliphatic heterocycles. The minimum Gasteiger partial charge on any atom is -0.486 e. The monoisotopic (exact) mass is 418 g/mol. The topological polar surface area (TPSA) is 84.9 Å². The Morgan fingerprint density at radius 3 is 2.38 bits per heavy atom. The van der Waals surface area contributed by atoms with Gasteiger partial charge in [0.2, 0.25) is 5.91 Å². The standard InChI is InChI=1S/C21H26N2O5S/c1-15(2)13-22-21(24)14-23(17-6-4-16(3)5-7-17)29(25,26)18-8-9-19-20(12-18)28-11-10-27-19/h4-9,12,15H,10-11,13-14H2,1-3H3,(H,22,24). The van der Waals surface area contributed by atoms with Crippen LogP contribution in [0, 0.1) is 12.8 Å². The van der Waals surface area contributed by atoms with Crippen molar-refractivity contribution in [1.29, 1.82) is 0 Å². The third kappa shape index (κ3) is 5.00. The van der Waals surface area contributed by atoms with E-state index in [4.69, 9.17) is 9.47 Å². The second-order valence-electron chi connectivity index (χ2n) is 7.35. The molecule has 0 unspecified atom stereocenters. The average molecular weight is 419 g/mol. The summed E-state index contributed by atoms with van der Waals surface area (Å²) in [6.45, 7) is 6.81. The summed E-state index contributed by atoms with van der Waals surface area (Å²) in [4.78, 5) is 12.5. The van der Waals surface area contributed by atoms with Crippen LogP contribution < -0.4 is 19.1 Å². The summed E-state index contributed by atoms with van der Waals surface area (Å²) in [7, 11) is -4.00. The SMILES string of the molecule is Cc1ccc(N(CC(=O)NCC(C)C)S(=O)(=O)c2ccc3c(c2)OCCO3)cc1. The van der Waals surface area contributed by atoms with Crippen LogP contribution in [0.25, 0.3) is 0 Å². The van der Waals surface area contributed by atoms with E-state index >= 15 is 0 Å². The molecule has 0 aromatic heterocycles. The van der Waals surface area contributed by atoms with E-state index in [9.17, 15) is 13.2 Å². The van der Waals surface area contributed by atoms with Gasteiger partial charge in [0.05, 0.1) is 10.6 Å². The molecule has 2 aromatic rings. The van der Waals surface area contributed by atoms with Gasteiger partial charge in [0.1, 0.15) is 19.8 Å². The molecule has 0 saturated carbocycles. The summed E-state index contributed by atoms with van der Waals surface area (Å²) in [6.07, 6.45) is 0. The van der Waals surface area contributed by atoms with Crippen LogP contribution in [0.2, 0.25) is 0 Å². The molecular weight excluding hydrogens is 392 g/mol. The molecule has 0 atom stereocenters. The van der Waals surface area contributed by atoms with E-state index in [2.05, 4.69) is 5.32 Å². The number of nitrogens with one attached hydrogen (secondary N) is 1. The molecule has 7 nitrogen and oxygen atoms in total. The van der Waals surface area contributed by atoms with E-state index < -0.39 is 10.0 Å². The van der Waals surface area contributed by atoms with E-state index in [1.165, 1.54) is 12.1 Å². The molecule has 1 amide bonds. The summed E-state index contributed by atoms with van der Waals surface area (Å²) in [6, 6.07) is 11.5. The number of fused-ring (bicyclic) bond motifs is 1. The number of ether oxygens (including phenoxy) is 2. The molecular formula is C21H26N2O5S. The van der Waals surface area contributed by atoms with E-state index in [1.807, 2.05) is 32.9 Å². The molecule has 0 radical (unpaired) electrons. The van der Waals surface area contributed by atoms with Crippen LogP contribution in [0.3, 0.4) is 0 Å². The fraction of sp³-hybridized carbons (Fsp3) is 0.381. The molecule has 0 aliphatic carbocycles. The van der Waals surface area contributed by atoms with Crippen LogP contribution in [0.1, 0.15) is 19.4 Å². The van der Waals surface area contributed by atoms with Gasteiger partial charge in [0, 0.05) is 12.6 Å².